The molecule has 1 fully saturated rings. The summed E-state index contributed by atoms with van der Waals surface area (Å²) in [7, 11) is 1.70. The Kier molecular flexibility index (Phi) is 6.17. The average molecular weight is 460 g/mol. The Balaban J connectivity index is 1.36. The molecule has 0 amide bonds. The average Bonchev–Trinajstić information content (AvgIpc) is 2.88. The number of benzene rings is 3. The Bertz CT molecular complexity index is 1240. The van der Waals surface area contributed by atoms with Gasteiger partial charge in [-0.3, -0.25) is 0 Å². The first kappa shape index (κ1) is 21.3. The Hall–Kier alpha value is -3.51. The maximum atomic E-state index is 6.04. The second-order valence-corrected chi connectivity index (χ2v) is 8.44. The first-order valence-electron chi connectivity index (χ1n) is 11.1. The van der Waals surface area contributed by atoms with Gasteiger partial charge in [-0.15, -0.1) is 0 Å². The number of anilines is 3. The second kappa shape index (κ2) is 9.55. The van der Waals surface area contributed by atoms with Crippen molar-refractivity contribution < 1.29 is 4.74 Å². The number of para-hydroxylation sites is 2. The van der Waals surface area contributed by atoms with Crippen LogP contribution < -0.4 is 19.9 Å². The van der Waals surface area contributed by atoms with Gasteiger partial charge >= 0.3 is 0 Å². The molecular formula is C26H26ClN5O. The highest BCUT2D eigenvalue weighted by atomic mass is 35.5. The number of halogens is 1. The van der Waals surface area contributed by atoms with Crippen LogP contribution >= 0.6 is 11.6 Å². The number of ether oxygens (including phenoxy) is 1. The standard InChI is InChI=1S/C26H26ClN5O/c1-33-24-9-5-2-6-19(24)18-28-25-22-7-3-4-8-23(22)29-26(30-25)32-16-14-31(15-17-32)21-12-10-20(27)11-13-21/h2-13H,14-18H2,1H3,(H,28,29,30). The lowest BCUT2D eigenvalue weighted by Crippen LogP contribution is -2.47. The van der Waals surface area contributed by atoms with E-state index in [-0.39, 0.29) is 0 Å². The number of aromatic nitrogens is 2. The van der Waals surface area contributed by atoms with Crippen molar-refractivity contribution in [1.82, 2.24) is 9.97 Å². The summed E-state index contributed by atoms with van der Waals surface area (Å²) in [4.78, 5) is 14.4. The number of nitrogens with one attached hydrogen (secondary N) is 1. The molecule has 0 unspecified atom stereocenters. The van der Waals surface area contributed by atoms with Gasteiger partial charge in [-0.1, -0.05) is 41.9 Å². The van der Waals surface area contributed by atoms with Gasteiger partial charge in [-0.05, 0) is 42.5 Å². The molecular weight excluding hydrogens is 434 g/mol. The van der Waals surface area contributed by atoms with Crippen LogP contribution in [0.4, 0.5) is 17.5 Å². The third-order valence-electron chi connectivity index (χ3n) is 5.98. The molecule has 6 nitrogen and oxygen atoms in total. The van der Waals surface area contributed by atoms with Crippen LogP contribution in [0.15, 0.2) is 72.8 Å². The predicted molar refractivity (Wildman–Crippen MR) is 136 cm³/mol. The van der Waals surface area contributed by atoms with Crippen molar-refractivity contribution in [3.05, 3.63) is 83.4 Å². The highest BCUT2D eigenvalue weighted by molar-refractivity contribution is 6.30. The number of fused-ring (bicyclic) bond motifs is 1. The zero-order valence-electron chi connectivity index (χ0n) is 18.5. The molecule has 0 spiro atoms. The van der Waals surface area contributed by atoms with Gasteiger partial charge in [0, 0.05) is 54.4 Å². The molecule has 168 valence electrons. The number of methoxy groups -OCH3 is 1. The van der Waals surface area contributed by atoms with E-state index in [4.69, 9.17) is 26.3 Å². The van der Waals surface area contributed by atoms with E-state index >= 15 is 0 Å². The molecule has 0 radical (unpaired) electrons. The van der Waals surface area contributed by atoms with Crippen molar-refractivity contribution >= 4 is 40.0 Å². The first-order chi connectivity index (χ1) is 16.2. The number of hydrogen-bond acceptors (Lipinski definition) is 6. The van der Waals surface area contributed by atoms with Gasteiger partial charge < -0.3 is 19.9 Å². The Labute approximate surface area is 198 Å². The Morgan fingerprint density at radius 2 is 1.55 bits per heavy atom. The van der Waals surface area contributed by atoms with Gasteiger partial charge in [0.15, 0.2) is 0 Å². The lowest BCUT2D eigenvalue weighted by molar-refractivity contribution is 0.410. The Morgan fingerprint density at radius 1 is 0.848 bits per heavy atom. The summed E-state index contributed by atoms with van der Waals surface area (Å²) in [5, 5.41) is 5.29. The van der Waals surface area contributed by atoms with Crippen LogP contribution in [0.3, 0.4) is 0 Å². The minimum atomic E-state index is 0.620. The topological polar surface area (TPSA) is 53.5 Å². The van der Waals surface area contributed by atoms with Crippen molar-refractivity contribution in [1.29, 1.82) is 0 Å². The van der Waals surface area contributed by atoms with E-state index in [1.165, 1.54) is 5.69 Å². The molecule has 0 aliphatic carbocycles. The van der Waals surface area contributed by atoms with Gasteiger partial charge in [0.05, 0.1) is 12.6 Å². The Morgan fingerprint density at radius 3 is 2.33 bits per heavy atom. The molecule has 2 heterocycles. The molecule has 33 heavy (non-hydrogen) atoms. The molecule has 1 aromatic heterocycles. The van der Waals surface area contributed by atoms with Crippen LogP contribution in [0.5, 0.6) is 5.75 Å². The number of rotatable bonds is 6. The van der Waals surface area contributed by atoms with E-state index in [9.17, 15) is 0 Å². The summed E-state index contributed by atoms with van der Waals surface area (Å²) in [6, 6.07) is 24.2. The van der Waals surface area contributed by atoms with Gasteiger partial charge in [0.1, 0.15) is 11.6 Å². The van der Waals surface area contributed by atoms with Gasteiger partial charge in [-0.2, -0.15) is 4.98 Å². The van der Waals surface area contributed by atoms with Crippen molar-refractivity contribution in [3.8, 4) is 5.75 Å². The highest BCUT2D eigenvalue weighted by Gasteiger charge is 2.21. The highest BCUT2D eigenvalue weighted by Crippen LogP contribution is 2.27. The zero-order chi connectivity index (χ0) is 22.6. The van der Waals surface area contributed by atoms with E-state index in [1.807, 2.05) is 48.5 Å². The molecule has 1 N–H and O–H groups in total. The largest absolute Gasteiger partial charge is 0.496 e. The van der Waals surface area contributed by atoms with Gasteiger partial charge in [0.2, 0.25) is 5.95 Å². The fourth-order valence-electron chi connectivity index (χ4n) is 4.19. The molecule has 7 heteroatoms. The lowest BCUT2D eigenvalue weighted by Gasteiger charge is -2.36. The van der Waals surface area contributed by atoms with Crippen LogP contribution in [0.1, 0.15) is 5.56 Å². The number of hydrogen-bond donors (Lipinski definition) is 1. The maximum Gasteiger partial charge on any atom is 0.228 e. The van der Waals surface area contributed by atoms with Crippen molar-refractivity contribution in [3.63, 3.8) is 0 Å². The van der Waals surface area contributed by atoms with Crippen LogP contribution in [0.2, 0.25) is 5.02 Å². The molecule has 3 aromatic carbocycles. The molecule has 0 saturated carbocycles. The molecule has 4 aromatic rings. The zero-order valence-corrected chi connectivity index (χ0v) is 19.3. The molecule has 5 rings (SSSR count). The van der Waals surface area contributed by atoms with Crippen molar-refractivity contribution in [2.75, 3.05) is 48.4 Å². The third kappa shape index (κ3) is 4.66. The van der Waals surface area contributed by atoms with E-state index in [0.717, 1.165) is 65.2 Å². The van der Waals surface area contributed by atoms with Crippen molar-refractivity contribution in [2.45, 2.75) is 6.54 Å². The summed E-state index contributed by atoms with van der Waals surface area (Å²) < 4.78 is 5.50. The normalized spacial score (nSPS) is 13.9. The monoisotopic (exact) mass is 459 g/mol. The molecule has 1 aliphatic heterocycles. The minimum Gasteiger partial charge on any atom is -0.496 e. The smallest absolute Gasteiger partial charge is 0.228 e. The van der Waals surface area contributed by atoms with E-state index < -0.39 is 0 Å². The number of nitrogens with zero attached hydrogens (tertiary/aromatic N) is 4. The van der Waals surface area contributed by atoms with Crippen LogP contribution in [0, 0.1) is 0 Å². The van der Waals surface area contributed by atoms with E-state index in [1.54, 1.807) is 7.11 Å². The summed E-state index contributed by atoms with van der Waals surface area (Å²) >= 11 is 6.04. The summed E-state index contributed by atoms with van der Waals surface area (Å²) in [5.74, 6) is 2.45. The van der Waals surface area contributed by atoms with Gasteiger partial charge in [0.25, 0.3) is 0 Å². The molecule has 1 saturated heterocycles. The van der Waals surface area contributed by atoms with E-state index in [2.05, 4.69) is 39.4 Å². The lowest BCUT2D eigenvalue weighted by atomic mass is 10.2. The van der Waals surface area contributed by atoms with Crippen molar-refractivity contribution in [2.24, 2.45) is 0 Å². The third-order valence-corrected chi connectivity index (χ3v) is 6.24. The van der Waals surface area contributed by atoms with Crippen LogP contribution in [-0.4, -0.2) is 43.3 Å². The number of piperazine rings is 1. The summed E-state index contributed by atoms with van der Waals surface area (Å²) in [6.07, 6.45) is 0. The molecule has 0 atom stereocenters. The van der Waals surface area contributed by atoms with Gasteiger partial charge in [-0.25, -0.2) is 4.98 Å². The second-order valence-electron chi connectivity index (χ2n) is 8.01. The minimum absolute atomic E-state index is 0.620. The first-order valence-corrected chi connectivity index (χ1v) is 11.5. The maximum absolute atomic E-state index is 6.04. The molecule has 0 bridgehead atoms. The van der Waals surface area contributed by atoms with Crippen LogP contribution in [-0.2, 0) is 6.54 Å². The predicted octanol–water partition coefficient (Wildman–Crippen LogP) is 5.23. The summed E-state index contributed by atoms with van der Waals surface area (Å²) in [5.41, 5.74) is 3.21. The summed E-state index contributed by atoms with van der Waals surface area (Å²) in [6.45, 7) is 4.14. The fraction of sp³-hybridized carbons (Fsp3) is 0.231. The SMILES string of the molecule is COc1ccccc1CNc1nc(N2CCN(c3ccc(Cl)cc3)CC2)nc2ccccc12. The van der Waals surface area contributed by atoms with Crippen LogP contribution in [0.25, 0.3) is 10.9 Å². The quantitative estimate of drug-likeness (QED) is 0.426. The molecule has 1 aliphatic rings. The fourth-order valence-corrected chi connectivity index (χ4v) is 4.31. The van der Waals surface area contributed by atoms with E-state index in [0.29, 0.717) is 6.54 Å².